The molecule has 1 aliphatic heterocycles. The van der Waals surface area contributed by atoms with E-state index in [1.165, 1.54) is 7.11 Å². The standard InChI is InChI=1S/C19H19N3O4/c1-12-9-14(13(2)22(12)15-7-5-4-6-8-15)10-16-18(24)21(19(25)20-16)11-17(23)26-3/h4-10H,11H2,1-3H3,(H,20,25)/b16-10-. The van der Waals surface area contributed by atoms with Gasteiger partial charge in [-0.05, 0) is 43.7 Å². The number of para-hydroxylation sites is 1. The Morgan fingerprint density at radius 1 is 1.19 bits per heavy atom. The first kappa shape index (κ1) is 17.5. The Kier molecular flexibility index (Phi) is 4.62. The van der Waals surface area contributed by atoms with Crippen LogP contribution in [0.2, 0.25) is 0 Å². The van der Waals surface area contributed by atoms with Crippen LogP contribution in [0.3, 0.4) is 0 Å². The van der Waals surface area contributed by atoms with E-state index in [9.17, 15) is 14.4 Å². The van der Waals surface area contributed by atoms with Crippen LogP contribution < -0.4 is 5.32 Å². The molecule has 2 aromatic rings. The van der Waals surface area contributed by atoms with Crippen molar-refractivity contribution < 1.29 is 19.1 Å². The number of hydrogen-bond donors (Lipinski definition) is 1. The van der Waals surface area contributed by atoms with E-state index in [1.54, 1.807) is 6.08 Å². The van der Waals surface area contributed by atoms with Gasteiger partial charge in [0.15, 0.2) is 0 Å². The summed E-state index contributed by atoms with van der Waals surface area (Å²) >= 11 is 0. The summed E-state index contributed by atoms with van der Waals surface area (Å²) in [7, 11) is 1.20. The van der Waals surface area contributed by atoms with Crippen LogP contribution in [0.25, 0.3) is 11.8 Å². The molecule has 0 aliphatic carbocycles. The first-order chi connectivity index (χ1) is 12.4. The molecule has 0 spiro atoms. The van der Waals surface area contributed by atoms with Crippen LogP contribution in [0.1, 0.15) is 17.0 Å². The lowest BCUT2D eigenvalue weighted by molar-refractivity contribution is -0.143. The number of nitrogens with zero attached hydrogens (tertiary/aromatic N) is 2. The highest BCUT2D eigenvalue weighted by Crippen LogP contribution is 2.23. The van der Waals surface area contributed by atoms with Gasteiger partial charge in [-0.1, -0.05) is 18.2 Å². The van der Waals surface area contributed by atoms with E-state index in [1.807, 2.05) is 50.2 Å². The fourth-order valence-corrected chi connectivity index (χ4v) is 2.97. The zero-order chi connectivity index (χ0) is 18.8. The molecule has 3 amide bonds. The normalized spacial score (nSPS) is 15.5. The largest absolute Gasteiger partial charge is 0.468 e. The van der Waals surface area contributed by atoms with Crippen LogP contribution in [0.4, 0.5) is 4.79 Å². The molecule has 0 radical (unpaired) electrons. The number of carbonyl (C=O) groups is 3. The molecule has 26 heavy (non-hydrogen) atoms. The molecule has 1 aromatic carbocycles. The lowest BCUT2D eigenvalue weighted by Gasteiger charge is -2.09. The van der Waals surface area contributed by atoms with E-state index < -0.39 is 24.5 Å². The molecule has 3 rings (SSSR count). The Morgan fingerprint density at radius 2 is 1.88 bits per heavy atom. The molecule has 134 valence electrons. The van der Waals surface area contributed by atoms with Gasteiger partial charge in [-0.3, -0.25) is 9.59 Å². The minimum Gasteiger partial charge on any atom is -0.468 e. The number of esters is 1. The molecule has 1 saturated heterocycles. The molecule has 7 nitrogen and oxygen atoms in total. The summed E-state index contributed by atoms with van der Waals surface area (Å²) in [5, 5.41) is 2.51. The second-order valence-electron chi connectivity index (χ2n) is 5.95. The van der Waals surface area contributed by atoms with Crippen LogP contribution in [-0.2, 0) is 14.3 Å². The van der Waals surface area contributed by atoms with Crippen LogP contribution in [0, 0.1) is 13.8 Å². The average Bonchev–Trinajstić information content (AvgIpc) is 3.05. The van der Waals surface area contributed by atoms with Crippen molar-refractivity contribution in [2.75, 3.05) is 13.7 Å². The number of rotatable bonds is 4. The molecule has 7 heteroatoms. The number of hydrogen-bond acceptors (Lipinski definition) is 4. The van der Waals surface area contributed by atoms with Crippen molar-refractivity contribution in [1.29, 1.82) is 0 Å². The summed E-state index contributed by atoms with van der Waals surface area (Å²) in [5.41, 5.74) is 3.90. The predicted molar refractivity (Wildman–Crippen MR) is 95.5 cm³/mol. The first-order valence-electron chi connectivity index (χ1n) is 8.08. The minimum absolute atomic E-state index is 0.132. The molecular formula is C19H19N3O4. The summed E-state index contributed by atoms with van der Waals surface area (Å²) in [4.78, 5) is 36.6. The topological polar surface area (TPSA) is 80.6 Å². The van der Waals surface area contributed by atoms with Gasteiger partial charge >= 0.3 is 12.0 Å². The molecule has 0 saturated carbocycles. The number of ether oxygens (including phenoxy) is 1. The lowest BCUT2D eigenvalue weighted by Crippen LogP contribution is -2.36. The van der Waals surface area contributed by atoms with Gasteiger partial charge in [-0.15, -0.1) is 0 Å². The van der Waals surface area contributed by atoms with Crippen molar-refractivity contribution in [3.63, 3.8) is 0 Å². The molecule has 0 atom stereocenters. The predicted octanol–water partition coefficient (Wildman–Crippen LogP) is 2.16. The molecule has 0 unspecified atom stereocenters. The Hall–Kier alpha value is -3.35. The molecule has 1 aliphatic rings. The number of carbonyl (C=O) groups excluding carboxylic acids is 3. The van der Waals surface area contributed by atoms with E-state index in [0.717, 1.165) is 27.5 Å². The Labute approximate surface area is 150 Å². The molecule has 1 N–H and O–H groups in total. The maximum atomic E-state index is 12.4. The van der Waals surface area contributed by atoms with Crippen molar-refractivity contribution >= 4 is 24.0 Å². The molecular weight excluding hydrogens is 334 g/mol. The molecule has 1 aromatic heterocycles. The average molecular weight is 353 g/mol. The van der Waals surface area contributed by atoms with Crippen molar-refractivity contribution in [2.45, 2.75) is 13.8 Å². The van der Waals surface area contributed by atoms with Gasteiger partial charge < -0.3 is 14.6 Å². The second kappa shape index (κ2) is 6.87. The zero-order valence-electron chi connectivity index (χ0n) is 14.8. The number of imide groups is 1. The van der Waals surface area contributed by atoms with Gasteiger partial charge in [0.25, 0.3) is 5.91 Å². The van der Waals surface area contributed by atoms with Crippen LogP contribution in [-0.4, -0.2) is 41.0 Å². The number of methoxy groups -OCH3 is 1. The van der Waals surface area contributed by atoms with Gasteiger partial charge in [0.05, 0.1) is 7.11 Å². The highest BCUT2D eigenvalue weighted by atomic mass is 16.5. The molecule has 2 heterocycles. The van der Waals surface area contributed by atoms with Crippen LogP contribution >= 0.6 is 0 Å². The number of aryl methyl sites for hydroxylation is 1. The maximum absolute atomic E-state index is 12.4. The first-order valence-corrected chi connectivity index (χ1v) is 8.08. The van der Waals surface area contributed by atoms with Crippen LogP contribution in [0.15, 0.2) is 42.1 Å². The van der Waals surface area contributed by atoms with Crippen molar-refractivity contribution in [3.8, 4) is 5.69 Å². The highest BCUT2D eigenvalue weighted by molar-refractivity contribution is 6.15. The van der Waals surface area contributed by atoms with E-state index in [4.69, 9.17) is 0 Å². The summed E-state index contributed by atoms with van der Waals surface area (Å²) in [6.45, 7) is 3.50. The Morgan fingerprint density at radius 3 is 2.54 bits per heavy atom. The van der Waals surface area contributed by atoms with E-state index in [-0.39, 0.29) is 5.70 Å². The fraction of sp³-hybridized carbons (Fsp3) is 0.211. The monoisotopic (exact) mass is 353 g/mol. The Bertz CT molecular complexity index is 912. The van der Waals surface area contributed by atoms with Crippen molar-refractivity contribution in [1.82, 2.24) is 14.8 Å². The quantitative estimate of drug-likeness (QED) is 0.519. The number of amides is 3. The Balaban J connectivity index is 1.93. The SMILES string of the molecule is COC(=O)CN1C(=O)N/C(=C\c2cc(C)n(-c3ccccc3)c2C)C1=O. The third-order valence-corrected chi connectivity index (χ3v) is 4.26. The van der Waals surface area contributed by atoms with E-state index in [0.29, 0.717) is 0 Å². The zero-order valence-corrected chi connectivity index (χ0v) is 14.8. The number of benzene rings is 1. The molecule has 1 fully saturated rings. The summed E-state index contributed by atoms with van der Waals surface area (Å²) in [6.07, 6.45) is 1.62. The minimum atomic E-state index is -0.656. The second-order valence-corrected chi connectivity index (χ2v) is 5.95. The highest BCUT2D eigenvalue weighted by Gasteiger charge is 2.35. The maximum Gasteiger partial charge on any atom is 0.329 e. The smallest absolute Gasteiger partial charge is 0.329 e. The van der Waals surface area contributed by atoms with Crippen LogP contribution in [0.5, 0.6) is 0 Å². The van der Waals surface area contributed by atoms with E-state index in [2.05, 4.69) is 14.6 Å². The summed E-state index contributed by atoms with van der Waals surface area (Å²) in [5.74, 6) is -1.21. The van der Waals surface area contributed by atoms with Gasteiger partial charge in [0.2, 0.25) is 0 Å². The van der Waals surface area contributed by atoms with Crippen molar-refractivity contribution in [2.24, 2.45) is 0 Å². The summed E-state index contributed by atoms with van der Waals surface area (Å²) in [6, 6.07) is 11.2. The van der Waals surface area contributed by atoms with Crippen molar-refractivity contribution in [3.05, 3.63) is 59.0 Å². The summed E-state index contributed by atoms with van der Waals surface area (Å²) < 4.78 is 6.58. The van der Waals surface area contributed by atoms with E-state index >= 15 is 0 Å². The number of nitrogens with one attached hydrogen (secondary N) is 1. The lowest BCUT2D eigenvalue weighted by atomic mass is 10.2. The third kappa shape index (κ3) is 3.11. The third-order valence-electron chi connectivity index (χ3n) is 4.26. The van der Waals surface area contributed by atoms with Gasteiger partial charge in [-0.2, -0.15) is 0 Å². The van der Waals surface area contributed by atoms with Gasteiger partial charge in [-0.25, -0.2) is 9.69 Å². The molecule has 0 bridgehead atoms. The fourth-order valence-electron chi connectivity index (χ4n) is 2.97. The van der Waals surface area contributed by atoms with Gasteiger partial charge in [0.1, 0.15) is 12.2 Å². The number of urea groups is 1. The van der Waals surface area contributed by atoms with Gasteiger partial charge in [0, 0.05) is 17.1 Å². The number of aromatic nitrogens is 1.